The Kier molecular flexibility index (Phi) is 11.2. The van der Waals surface area contributed by atoms with Gasteiger partial charge in [-0.1, -0.05) is 0 Å². The van der Waals surface area contributed by atoms with Gasteiger partial charge in [-0.05, 0) is 0 Å². The first-order chi connectivity index (χ1) is 5.12. The molecule has 76 valence electrons. The standard InChI is InChI=1S/2H3NO4S.Zn/c2*1-5-6(2,3)4;/h2*1H2,(H,2,3,4);/q;;+2/p-2. The molecule has 0 bridgehead atoms. The van der Waals surface area contributed by atoms with Crippen molar-refractivity contribution in [3.63, 3.8) is 0 Å². The van der Waals surface area contributed by atoms with Crippen molar-refractivity contribution in [2.45, 2.75) is 0 Å². The Morgan fingerprint density at radius 2 is 0.923 bits per heavy atom. The smallest absolute Gasteiger partial charge is 0.724 e. The van der Waals surface area contributed by atoms with Gasteiger partial charge in [0.2, 0.25) is 20.8 Å². The second-order valence-corrected chi connectivity index (χ2v) is 3.03. The molecular formula is H4N2O8S2Zn. The topological polar surface area (TPSA) is 185 Å². The average Bonchev–Trinajstić information content (AvgIpc) is 1.86. The van der Waals surface area contributed by atoms with Crippen LogP contribution in [0.2, 0.25) is 0 Å². The van der Waals surface area contributed by atoms with E-state index in [0.29, 0.717) is 0 Å². The normalized spacial score (nSPS) is 10.8. The molecule has 13 heavy (non-hydrogen) atoms. The van der Waals surface area contributed by atoms with Crippen molar-refractivity contribution in [1.82, 2.24) is 0 Å². The summed E-state index contributed by atoms with van der Waals surface area (Å²) in [4.78, 5) is 0. The van der Waals surface area contributed by atoms with Crippen LogP contribution in [0.4, 0.5) is 0 Å². The zero-order chi connectivity index (χ0) is 10.4. The van der Waals surface area contributed by atoms with Crippen LogP contribution in [0.1, 0.15) is 0 Å². The van der Waals surface area contributed by atoms with E-state index in [2.05, 4.69) is 20.4 Å². The summed E-state index contributed by atoms with van der Waals surface area (Å²) in [6.07, 6.45) is 0. The molecule has 0 rings (SSSR count). The predicted molar refractivity (Wildman–Crippen MR) is 29.9 cm³/mol. The molecule has 0 aliphatic rings. The van der Waals surface area contributed by atoms with E-state index in [9.17, 15) is 0 Å². The molecule has 0 aromatic heterocycles. The Labute approximate surface area is 86.8 Å². The fourth-order valence-corrected chi connectivity index (χ4v) is 0. The zero-order valence-electron chi connectivity index (χ0n) is 5.94. The summed E-state index contributed by atoms with van der Waals surface area (Å²) < 4.78 is 60.3. The number of rotatable bonds is 2. The van der Waals surface area contributed by atoms with Gasteiger partial charge >= 0.3 is 19.5 Å². The molecule has 0 heterocycles. The van der Waals surface area contributed by atoms with Crippen molar-refractivity contribution in [3.05, 3.63) is 0 Å². The van der Waals surface area contributed by atoms with E-state index >= 15 is 0 Å². The minimum atomic E-state index is -4.63. The molecule has 0 atom stereocenters. The van der Waals surface area contributed by atoms with Crippen LogP contribution in [0.3, 0.4) is 0 Å². The second kappa shape index (κ2) is 7.67. The largest absolute Gasteiger partial charge is 2.00 e. The summed E-state index contributed by atoms with van der Waals surface area (Å²) in [6.45, 7) is 0. The van der Waals surface area contributed by atoms with Gasteiger partial charge in [-0.25, -0.2) is 16.8 Å². The molecule has 0 aliphatic carbocycles. The first-order valence-corrected chi connectivity index (χ1v) is 4.47. The summed E-state index contributed by atoms with van der Waals surface area (Å²) >= 11 is 0. The van der Waals surface area contributed by atoms with Crippen LogP contribution < -0.4 is 11.8 Å². The molecule has 0 saturated heterocycles. The van der Waals surface area contributed by atoms with Crippen LogP contribution in [0.15, 0.2) is 0 Å². The predicted octanol–water partition coefficient (Wildman–Crippen LogP) is -3.33. The first-order valence-electron chi connectivity index (χ1n) is 1.80. The number of hydrogen-bond donors (Lipinski definition) is 2. The number of hydrogen-bond acceptors (Lipinski definition) is 10. The third-order valence-electron chi connectivity index (χ3n) is 0.236. The summed E-state index contributed by atoms with van der Waals surface area (Å²) in [5, 5.41) is 0. The Hall–Kier alpha value is 0.283. The maximum atomic E-state index is 9.10. The van der Waals surface area contributed by atoms with Gasteiger partial charge in [0.15, 0.2) is 0 Å². The van der Waals surface area contributed by atoms with Crippen molar-refractivity contribution in [1.29, 1.82) is 0 Å². The van der Waals surface area contributed by atoms with Crippen LogP contribution >= 0.6 is 0 Å². The van der Waals surface area contributed by atoms with Gasteiger partial charge in [-0.15, -0.1) is 0 Å². The molecule has 0 unspecified atom stereocenters. The van der Waals surface area contributed by atoms with E-state index < -0.39 is 20.8 Å². The van der Waals surface area contributed by atoms with Crippen molar-refractivity contribution in [3.8, 4) is 0 Å². The van der Waals surface area contributed by atoms with Gasteiger partial charge < -0.3 is 9.11 Å². The fourth-order valence-electron chi connectivity index (χ4n) is 0. The van der Waals surface area contributed by atoms with Gasteiger partial charge in [-0.3, -0.25) is 0 Å². The zero-order valence-corrected chi connectivity index (χ0v) is 10.5. The van der Waals surface area contributed by atoms with Gasteiger partial charge in [0.05, 0.1) is 0 Å². The van der Waals surface area contributed by atoms with E-state index in [4.69, 9.17) is 25.9 Å². The summed E-state index contributed by atoms with van der Waals surface area (Å²) in [6, 6.07) is 0. The number of nitrogens with two attached hydrogens (primary N) is 2. The van der Waals surface area contributed by atoms with Gasteiger partial charge in [0.1, 0.15) is 0 Å². The van der Waals surface area contributed by atoms with E-state index in [1.807, 2.05) is 0 Å². The van der Waals surface area contributed by atoms with Crippen molar-refractivity contribution >= 4 is 20.8 Å². The summed E-state index contributed by atoms with van der Waals surface area (Å²) in [7, 11) is -9.27. The molecule has 0 spiro atoms. The van der Waals surface area contributed by atoms with E-state index in [1.165, 1.54) is 0 Å². The quantitative estimate of drug-likeness (QED) is 0.225. The molecule has 10 nitrogen and oxygen atoms in total. The van der Waals surface area contributed by atoms with Crippen molar-refractivity contribution < 1.29 is 54.0 Å². The van der Waals surface area contributed by atoms with Crippen LogP contribution in [0.5, 0.6) is 0 Å². The first kappa shape index (κ1) is 19.0. The minimum Gasteiger partial charge on any atom is -0.724 e. The maximum absolute atomic E-state index is 9.10. The molecular weight excluding hydrogens is 286 g/mol. The Morgan fingerprint density at radius 3 is 0.923 bits per heavy atom. The molecule has 0 aromatic carbocycles. The monoisotopic (exact) mass is 288 g/mol. The van der Waals surface area contributed by atoms with Gasteiger partial charge in [0.25, 0.3) is 0 Å². The van der Waals surface area contributed by atoms with Gasteiger partial charge in [-0.2, -0.15) is 20.4 Å². The third-order valence-corrected chi connectivity index (χ3v) is 0.707. The maximum Gasteiger partial charge on any atom is 2.00 e. The molecule has 13 heteroatoms. The Bertz CT molecular complexity index is 256. The molecule has 0 saturated carbocycles. The second-order valence-electron chi connectivity index (χ2n) is 1.01. The Morgan fingerprint density at radius 1 is 0.846 bits per heavy atom. The van der Waals surface area contributed by atoms with Gasteiger partial charge in [0, 0.05) is 0 Å². The molecule has 0 aliphatic heterocycles. The molecule has 0 aromatic rings. The van der Waals surface area contributed by atoms with Crippen molar-refractivity contribution in [2.75, 3.05) is 0 Å². The minimum absolute atomic E-state index is 0. The van der Waals surface area contributed by atoms with E-state index in [1.54, 1.807) is 0 Å². The SMILES string of the molecule is NOS(=O)(=O)[O-].NOS(=O)(=O)[O-].[Zn+2]. The van der Waals surface area contributed by atoms with Crippen LogP contribution in [-0.4, -0.2) is 25.9 Å². The molecule has 0 fully saturated rings. The average molecular weight is 290 g/mol. The fraction of sp³-hybridized carbons (Fsp3) is 0. The van der Waals surface area contributed by atoms with Crippen LogP contribution in [0.25, 0.3) is 0 Å². The van der Waals surface area contributed by atoms with Crippen LogP contribution in [0, 0.1) is 0 Å². The van der Waals surface area contributed by atoms with Crippen molar-refractivity contribution in [2.24, 2.45) is 11.8 Å². The molecule has 0 radical (unpaired) electrons. The summed E-state index contributed by atoms with van der Waals surface area (Å²) in [5.41, 5.74) is 0. The van der Waals surface area contributed by atoms with E-state index in [-0.39, 0.29) is 19.5 Å². The Balaban J connectivity index is -0.000000143. The van der Waals surface area contributed by atoms with Crippen LogP contribution in [-0.2, 0) is 48.8 Å². The van der Waals surface area contributed by atoms with E-state index in [0.717, 1.165) is 0 Å². The third kappa shape index (κ3) is 32.9. The molecule has 4 N–H and O–H groups in total. The molecule has 0 amide bonds. The summed E-state index contributed by atoms with van der Waals surface area (Å²) in [5.74, 6) is 7.81.